The van der Waals surface area contributed by atoms with E-state index in [0.717, 1.165) is 33.1 Å². The Labute approximate surface area is 219 Å². The van der Waals surface area contributed by atoms with Crippen LogP contribution in [0.25, 0.3) is 0 Å². The van der Waals surface area contributed by atoms with Crippen molar-refractivity contribution in [3.8, 4) is 5.75 Å². The van der Waals surface area contributed by atoms with Crippen LogP contribution in [0, 0.1) is 0 Å². The van der Waals surface area contributed by atoms with Gasteiger partial charge in [-0.25, -0.2) is 4.79 Å². The summed E-state index contributed by atoms with van der Waals surface area (Å²) < 4.78 is 7.39. The molecule has 1 N–H and O–H groups in total. The lowest BCUT2D eigenvalue weighted by Gasteiger charge is -2.24. The highest BCUT2D eigenvalue weighted by molar-refractivity contribution is 5.85. The topological polar surface area (TPSA) is 77.8 Å². The summed E-state index contributed by atoms with van der Waals surface area (Å²) in [5.74, 6) is -1.33. The van der Waals surface area contributed by atoms with Crippen molar-refractivity contribution in [1.29, 1.82) is 0 Å². The molecule has 0 unspecified atom stereocenters. The van der Waals surface area contributed by atoms with Gasteiger partial charge >= 0.3 is 5.97 Å². The van der Waals surface area contributed by atoms with E-state index < -0.39 is 23.6 Å². The third kappa shape index (κ3) is 5.50. The number of nitrogens with zero attached hydrogens (tertiary/aromatic N) is 1. The van der Waals surface area contributed by atoms with E-state index in [-0.39, 0.29) is 11.4 Å². The predicted molar refractivity (Wildman–Crippen MR) is 144 cm³/mol. The van der Waals surface area contributed by atoms with E-state index in [1.54, 1.807) is 0 Å². The molecule has 0 aliphatic rings. The molecular formula is C32H25NO5. The summed E-state index contributed by atoms with van der Waals surface area (Å²) in [4.78, 5) is 31.5. The molecule has 5 aromatic rings. The minimum Gasteiger partial charge on any atom is -0.476 e. The van der Waals surface area contributed by atoms with Crippen LogP contribution in [0.15, 0.2) is 138 Å². The summed E-state index contributed by atoms with van der Waals surface area (Å²) in [5, 5.41) is 9.89. The molecule has 0 aliphatic heterocycles. The van der Waals surface area contributed by atoms with Gasteiger partial charge in [-0.1, -0.05) is 121 Å². The van der Waals surface area contributed by atoms with Gasteiger partial charge in [-0.05, 0) is 22.3 Å². The van der Waals surface area contributed by atoms with E-state index >= 15 is 0 Å². The fourth-order valence-electron chi connectivity index (χ4n) is 4.22. The van der Waals surface area contributed by atoms with Crippen LogP contribution in [0.4, 0.5) is 0 Å². The van der Waals surface area contributed by atoms with E-state index in [0.29, 0.717) is 0 Å². The van der Waals surface area contributed by atoms with E-state index in [4.69, 9.17) is 9.57 Å². The molecule has 0 fully saturated rings. The maximum absolute atomic E-state index is 13.1. The van der Waals surface area contributed by atoms with Crippen LogP contribution < -0.4 is 15.0 Å². The van der Waals surface area contributed by atoms with Gasteiger partial charge < -0.3 is 14.7 Å². The number of hydrogen-bond acceptors (Lipinski definition) is 4. The number of aromatic nitrogens is 1. The first kappa shape index (κ1) is 24.6. The number of ether oxygens (including phenoxy) is 1. The Morgan fingerprint density at radius 2 is 1.03 bits per heavy atom. The maximum Gasteiger partial charge on any atom is 0.356 e. The number of hydrogen-bond donors (Lipinski definition) is 1. The Morgan fingerprint density at radius 3 is 1.42 bits per heavy atom. The summed E-state index contributed by atoms with van der Waals surface area (Å²) >= 11 is 0. The number of pyridine rings is 1. The Hall–Kier alpha value is -5.10. The molecular weight excluding hydrogens is 478 g/mol. The predicted octanol–water partition coefficient (Wildman–Crippen LogP) is 5.93. The molecule has 0 atom stereocenters. The minimum atomic E-state index is -1.30. The van der Waals surface area contributed by atoms with Crippen molar-refractivity contribution in [2.45, 2.75) is 12.2 Å². The van der Waals surface area contributed by atoms with Crippen molar-refractivity contribution in [3.63, 3.8) is 0 Å². The second-order valence-corrected chi connectivity index (χ2v) is 8.64. The normalized spacial score (nSPS) is 10.9. The van der Waals surface area contributed by atoms with Gasteiger partial charge in [0, 0.05) is 6.07 Å². The number of carboxylic acid groups (broad SMARTS) is 1. The highest BCUT2D eigenvalue weighted by Crippen LogP contribution is 2.28. The van der Waals surface area contributed by atoms with Gasteiger partial charge in [-0.2, -0.15) is 4.73 Å². The van der Waals surface area contributed by atoms with Crippen molar-refractivity contribution >= 4 is 5.97 Å². The van der Waals surface area contributed by atoms with E-state index in [1.165, 1.54) is 6.20 Å². The zero-order valence-electron chi connectivity index (χ0n) is 20.4. The lowest BCUT2D eigenvalue weighted by Crippen LogP contribution is -2.27. The van der Waals surface area contributed by atoms with Crippen LogP contribution >= 0.6 is 0 Å². The molecule has 0 aliphatic carbocycles. The van der Waals surface area contributed by atoms with Crippen molar-refractivity contribution < 1.29 is 19.5 Å². The number of carbonyl (C=O) groups is 1. The van der Waals surface area contributed by atoms with Crippen LogP contribution in [-0.4, -0.2) is 15.8 Å². The van der Waals surface area contributed by atoms with Crippen LogP contribution in [0.2, 0.25) is 0 Å². The highest BCUT2D eigenvalue weighted by atomic mass is 16.7. The van der Waals surface area contributed by atoms with E-state index in [9.17, 15) is 14.7 Å². The fraction of sp³-hybridized carbons (Fsp3) is 0.0625. The number of carboxylic acids is 1. The molecule has 38 heavy (non-hydrogen) atoms. The zero-order chi connectivity index (χ0) is 26.3. The first-order valence-corrected chi connectivity index (χ1v) is 12.1. The third-order valence-electron chi connectivity index (χ3n) is 6.07. The highest BCUT2D eigenvalue weighted by Gasteiger charge is 2.23. The molecule has 0 spiro atoms. The second-order valence-electron chi connectivity index (χ2n) is 8.64. The molecule has 1 aromatic heterocycles. The molecule has 0 radical (unpaired) electrons. The minimum absolute atomic E-state index is 0.0346. The molecule has 6 nitrogen and oxygen atoms in total. The van der Waals surface area contributed by atoms with Gasteiger partial charge in [0.1, 0.15) is 6.10 Å². The van der Waals surface area contributed by atoms with E-state index in [1.807, 2.05) is 121 Å². The molecule has 6 heteroatoms. The summed E-state index contributed by atoms with van der Waals surface area (Å²) in [6.07, 6.45) is 0.0852. The van der Waals surface area contributed by atoms with Gasteiger partial charge in [0.15, 0.2) is 17.5 Å². The van der Waals surface area contributed by atoms with Crippen LogP contribution in [0.5, 0.6) is 5.75 Å². The summed E-state index contributed by atoms with van der Waals surface area (Å²) in [6.45, 7) is 0. The van der Waals surface area contributed by atoms with Gasteiger partial charge in [0.2, 0.25) is 5.43 Å². The Morgan fingerprint density at radius 1 is 0.632 bits per heavy atom. The standard InChI is InChI=1S/C32H25NO5/c34-28-21-27(32(35)36)33(38-31(25-17-9-3-10-18-25)26-19-11-4-12-20-26)22-29(28)37-30(23-13-5-1-6-14-23)24-15-7-2-8-16-24/h1-22,30-31H,(H,35,36). The largest absolute Gasteiger partial charge is 0.476 e. The maximum atomic E-state index is 13.1. The van der Waals surface area contributed by atoms with Crippen molar-refractivity contribution in [1.82, 2.24) is 4.73 Å². The quantitative estimate of drug-likeness (QED) is 0.270. The summed E-state index contributed by atoms with van der Waals surface area (Å²) in [6, 6.07) is 39.0. The van der Waals surface area contributed by atoms with Gasteiger partial charge in [0.25, 0.3) is 0 Å². The molecule has 5 rings (SSSR count). The van der Waals surface area contributed by atoms with Gasteiger partial charge in [-0.15, -0.1) is 0 Å². The number of rotatable bonds is 9. The molecule has 188 valence electrons. The van der Waals surface area contributed by atoms with Crippen molar-refractivity contribution in [2.75, 3.05) is 0 Å². The van der Waals surface area contributed by atoms with E-state index in [2.05, 4.69) is 0 Å². The Balaban J connectivity index is 1.58. The van der Waals surface area contributed by atoms with Gasteiger partial charge in [0.05, 0.1) is 6.20 Å². The lowest BCUT2D eigenvalue weighted by molar-refractivity contribution is 0.0398. The van der Waals surface area contributed by atoms with Crippen molar-refractivity contribution in [2.24, 2.45) is 0 Å². The van der Waals surface area contributed by atoms with Gasteiger partial charge in [-0.3, -0.25) is 4.79 Å². The molecule has 0 saturated carbocycles. The molecule has 0 bridgehead atoms. The number of aromatic carboxylic acids is 1. The average Bonchev–Trinajstić information content (AvgIpc) is 2.97. The van der Waals surface area contributed by atoms with Crippen LogP contribution in [-0.2, 0) is 0 Å². The second kappa shape index (κ2) is 11.3. The summed E-state index contributed by atoms with van der Waals surface area (Å²) in [5.41, 5.74) is 2.47. The zero-order valence-corrected chi connectivity index (χ0v) is 20.4. The lowest BCUT2D eigenvalue weighted by atomic mass is 10.0. The SMILES string of the molecule is O=C(O)c1cc(=O)c(OC(c2ccccc2)c2ccccc2)cn1OC(c1ccccc1)c1ccccc1. The van der Waals surface area contributed by atoms with Crippen molar-refractivity contribution in [3.05, 3.63) is 172 Å². The average molecular weight is 504 g/mol. The molecule has 0 saturated heterocycles. The summed E-state index contributed by atoms with van der Waals surface area (Å²) in [7, 11) is 0. The molecule has 4 aromatic carbocycles. The molecule has 0 amide bonds. The Bertz CT molecular complexity index is 1470. The first-order valence-electron chi connectivity index (χ1n) is 12.1. The molecule has 1 heterocycles. The number of benzene rings is 4. The Kier molecular flexibility index (Phi) is 7.32. The van der Waals surface area contributed by atoms with Crippen LogP contribution in [0.1, 0.15) is 45.0 Å². The monoisotopic (exact) mass is 503 g/mol. The fourth-order valence-corrected chi connectivity index (χ4v) is 4.22. The van der Waals surface area contributed by atoms with Crippen LogP contribution in [0.3, 0.4) is 0 Å². The smallest absolute Gasteiger partial charge is 0.356 e. The first-order chi connectivity index (χ1) is 18.6. The third-order valence-corrected chi connectivity index (χ3v) is 6.07.